The number of rotatable bonds is 3. The van der Waals surface area contributed by atoms with Crippen molar-refractivity contribution in [2.45, 2.75) is 18.9 Å². The van der Waals surface area contributed by atoms with Crippen molar-refractivity contribution in [2.24, 2.45) is 0 Å². The average Bonchev–Trinajstić information content (AvgIpc) is 2.37. The number of piperidine rings is 1. The van der Waals surface area contributed by atoms with E-state index in [2.05, 4.69) is 31.8 Å². The molecule has 100 valence electrons. The van der Waals surface area contributed by atoms with Gasteiger partial charge in [-0.1, -0.05) is 0 Å². The van der Waals surface area contributed by atoms with Crippen LogP contribution in [0.4, 0.5) is 11.9 Å². The maximum Gasteiger partial charge on any atom is 0.322 e. The summed E-state index contributed by atoms with van der Waals surface area (Å²) < 4.78 is 5.01. The van der Waals surface area contributed by atoms with Gasteiger partial charge in [-0.15, -0.1) is 0 Å². The molecule has 1 aliphatic heterocycles. The van der Waals surface area contributed by atoms with Crippen LogP contribution in [0, 0.1) is 0 Å². The minimum atomic E-state index is 0.188. The number of nitrogens with zero attached hydrogens (tertiary/aromatic N) is 5. The fraction of sp³-hybridized carbons (Fsp3) is 0.727. The molecule has 1 aromatic heterocycles. The normalized spacial score (nSPS) is 20.7. The Morgan fingerprint density at radius 3 is 2.83 bits per heavy atom. The zero-order valence-electron chi connectivity index (χ0n) is 11.1. The van der Waals surface area contributed by atoms with Crippen LogP contribution < -0.4 is 15.4 Å². The van der Waals surface area contributed by atoms with Crippen LogP contribution in [-0.2, 0) is 0 Å². The fourth-order valence-corrected chi connectivity index (χ4v) is 2.23. The van der Waals surface area contributed by atoms with Gasteiger partial charge in [0.25, 0.3) is 0 Å². The first kappa shape index (κ1) is 12.8. The van der Waals surface area contributed by atoms with Crippen LogP contribution >= 0.6 is 0 Å². The molecule has 0 aliphatic carbocycles. The third-order valence-corrected chi connectivity index (χ3v) is 3.27. The lowest BCUT2D eigenvalue weighted by atomic mass is 10.1. The second kappa shape index (κ2) is 5.34. The first-order chi connectivity index (χ1) is 8.60. The fourth-order valence-electron chi connectivity index (χ4n) is 2.23. The molecule has 0 aromatic carbocycles. The van der Waals surface area contributed by atoms with Crippen LogP contribution in [0.1, 0.15) is 12.8 Å². The molecule has 1 aliphatic rings. The molecule has 1 fully saturated rings. The minimum Gasteiger partial charge on any atom is -0.467 e. The summed E-state index contributed by atoms with van der Waals surface area (Å²) in [5.41, 5.74) is 5.65. The van der Waals surface area contributed by atoms with Crippen molar-refractivity contribution in [2.75, 3.05) is 44.9 Å². The van der Waals surface area contributed by atoms with Crippen LogP contribution in [0.2, 0.25) is 0 Å². The van der Waals surface area contributed by atoms with Gasteiger partial charge in [0.15, 0.2) is 0 Å². The van der Waals surface area contributed by atoms with E-state index in [1.54, 1.807) is 0 Å². The van der Waals surface area contributed by atoms with E-state index in [1.807, 2.05) is 7.05 Å². The third kappa shape index (κ3) is 2.79. The van der Waals surface area contributed by atoms with Crippen molar-refractivity contribution in [3.05, 3.63) is 0 Å². The second-order valence-corrected chi connectivity index (χ2v) is 4.65. The molecule has 2 rings (SSSR count). The molecule has 1 aromatic rings. The molecule has 2 N–H and O–H groups in total. The van der Waals surface area contributed by atoms with Gasteiger partial charge >= 0.3 is 6.01 Å². The number of likely N-dealkylation sites (tertiary alicyclic amines) is 1. The number of ether oxygens (including phenoxy) is 1. The Bertz CT molecular complexity index is 413. The Kier molecular flexibility index (Phi) is 3.81. The van der Waals surface area contributed by atoms with Gasteiger partial charge in [0.05, 0.1) is 7.11 Å². The molecule has 1 saturated heterocycles. The predicted octanol–water partition coefficient (Wildman–Crippen LogP) is -0.00720. The summed E-state index contributed by atoms with van der Waals surface area (Å²) in [6, 6.07) is 0.656. The smallest absolute Gasteiger partial charge is 0.322 e. The van der Waals surface area contributed by atoms with Crippen LogP contribution in [0.15, 0.2) is 0 Å². The minimum absolute atomic E-state index is 0.188. The quantitative estimate of drug-likeness (QED) is 0.810. The van der Waals surface area contributed by atoms with Gasteiger partial charge in [-0.05, 0) is 26.4 Å². The highest BCUT2D eigenvalue weighted by Crippen LogP contribution is 2.19. The first-order valence-electron chi connectivity index (χ1n) is 6.07. The molecule has 7 heteroatoms. The number of nitrogen functional groups attached to an aromatic ring is 1. The molecular formula is C11H20N6O. The highest BCUT2D eigenvalue weighted by molar-refractivity contribution is 5.36. The Labute approximate surface area is 107 Å². The number of hydrogen-bond acceptors (Lipinski definition) is 7. The summed E-state index contributed by atoms with van der Waals surface area (Å²) in [6.45, 7) is 2.15. The van der Waals surface area contributed by atoms with Crippen molar-refractivity contribution >= 4 is 11.9 Å². The van der Waals surface area contributed by atoms with E-state index in [9.17, 15) is 0 Å². The summed E-state index contributed by atoms with van der Waals surface area (Å²) in [5.74, 6) is 0.757. The van der Waals surface area contributed by atoms with Gasteiger partial charge in [-0.2, -0.15) is 15.0 Å². The Balaban J connectivity index is 2.16. The van der Waals surface area contributed by atoms with Gasteiger partial charge in [0.1, 0.15) is 0 Å². The summed E-state index contributed by atoms with van der Waals surface area (Å²) in [4.78, 5) is 16.7. The zero-order valence-corrected chi connectivity index (χ0v) is 11.1. The zero-order chi connectivity index (χ0) is 13.1. The topological polar surface area (TPSA) is 80.4 Å². The van der Waals surface area contributed by atoms with Crippen molar-refractivity contribution in [1.82, 2.24) is 19.9 Å². The van der Waals surface area contributed by atoms with Gasteiger partial charge < -0.3 is 20.3 Å². The monoisotopic (exact) mass is 252 g/mol. The largest absolute Gasteiger partial charge is 0.467 e. The van der Waals surface area contributed by atoms with Crippen molar-refractivity contribution in [1.29, 1.82) is 0 Å². The van der Waals surface area contributed by atoms with E-state index in [0.717, 1.165) is 19.5 Å². The van der Waals surface area contributed by atoms with E-state index in [1.165, 1.54) is 13.5 Å². The Hall–Kier alpha value is -1.63. The van der Waals surface area contributed by atoms with Crippen LogP contribution in [0.5, 0.6) is 6.01 Å². The summed E-state index contributed by atoms with van der Waals surface area (Å²) in [7, 11) is 5.63. The first-order valence-corrected chi connectivity index (χ1v) is 6.07. The molecule has 1 unspecified atom stereocenters. The number of aromatic nitrogens is 3. The van der Waals surface area contributed by atoms with E-state index in [4.69, 9.17) is 10.5 Å². The molecule has 0 bridgehead atoms. The van der Waals surface area contributed by atoms with Crippen molar-refractivity contribution < 1.29 is 4.74 Å². The molecular weight excluding hydrogens is 232 g/mol. The lowest BCUT2D eigenvalue weighted by Crippen LogP contribution is -2.45. The summed E-state index contributed by atoms with van der Waals surface area (Å²) in [6.07, 6.45) is 2.32. The molecule has 0 saturated carbocycles. The maximum absolute atomic E-state index is 5.65. The number of likely N-dealkylation sites (N-methyl/N-ethyl adjacent to an activating group) is 2. The molecule has 1 atom stereocenters. The molecule has 7 nitrogen and oxygen atoms in total. The highest BCUT2D eigenvalue weighted by Gasteiger charge is 2.23. The maximum atomic E-state index is 5.65. The molecule has 18 heavy (non-hydrogen) atoms. The summed E-state index contributed by atoms with van der Waals surface area (Å²) in [5, 5.41) is 0. The predicted molar refractivity (Wildman–Crippen MR) is 69.7 cm³/mol. The second-order valence-electron chi connectivity index (χ2n) is 4.65. The lowest BCUT2D eigenvalue weighted by molar-refractivity contribution is 0.246. The molecule has 2 heterocycles. The van der Waals surface area contributed by atoms with Gasteiger partial charge in [0, 0.05) is 19.6 Å². The SMILES string of the molecule is COc1nc(N)nc(N(C)C2CCCN(C)C2)n1. The Morgan fingerprint density at radius 1 is 1.39 bits per heavy atom. The number of hydrogen-bond donors (Lipinski definition) is 1. The van der Waals surface area contributed by atoms with E-state index < -0.39 is 0 Å². The number of anilines is 2. The lowest BCUT2D eigenvalue weighted by Gasteiger charge is -2.35. The molecule has 0 amide bonds. The standard InChI is InChI=1S/C11H20N6O/c1-16-6-4-5-8(7-16)17(2)10-13-9(12)14-11(15-10)18-3/h8H,4-7H2,1-3H3,(H2,12,13,14,15). The van der Waals surface area contributed by atoms with Crippen LogP contribution in [0.3, 0.4) is 0 Å². The number of nitrogens with two attached hydrogens (primary N) is 1. The molecule has 0 spiro atoms. The highest BCUT2D eigenvalue weighted by atomic mass is 16.5. The Morgan fingerprint density at radius 2 is 2.17 bits per heavy atom. The van der Waals surface area contributed by atoms with Gasteiger partial charge in [-0.25, -0.2) is 0 Å². The third-order valence-electron chi connectivity index (χ3n) is 3.27. The van der Waals surface area contributed by atoms with E-state index in [-0.39, 0.29) is 12.0 Å². The molecule has 0 radical (unpaired) electrons. The van der Waals surface area contributed by atoms with Crippen LogP contribution in [-0.4, -0.2) is 60.2 Å². The van der Waals surface area contributed by atoms with Crippen molar-refractivity contribution in [3.8, 4) is 6.01 Å². The number of methoxy groups -OCH3 is 1. The van der Waals surface area contributed by atoms with Crippen LogP contribution in [0.25, 0.3) is 0 Å². The van der Waals surface area contributed by atoms with Crippen molar-refractivity contribution in [3.63, 3.8) is 0 Å². The van der Waals surface area contributed by atoms with Gasteiger partial charge in [-0.3, -0.25) is 0 Å². The van der Waals surface area contributed by atoms with E-state index >= 15 is 0 Å². The summed E-state index contributed by atoms with van der Waals surface area (Å²) >= 11 is 0. The van der Waals surface area contributed by atoms with Gasteiger partial charge in [0.2, 0.25) is 11.9 Å². The van der Waals surface area contributed by atoms with E-state index in [0.29, 0.717) is 12.0 Å². The average molecular weight is 252 g/mol.